The van der Waals surface area contributed by atoms with Gasteiger partial charge in [0.25, 0.3) is 0 Å². The average molecular weight is 440 g/mol. The lowest BCUT2D eigenvalue weighted by Crippen LogP contribution is -2.41. The van der Waals surface area contributed by atoms with Gasteiger partial charge in [-0.25, -0.2) is 0 Å². The van der Waals surface area contributed by atoms with Crippen LogP contribution in [0.3, 0.4) is 0 Å². The Morgan fingerprint density at radius 2 is 1.78 bits per heavy atom. The lowest BCUT2D eigenvalue weighted by Gasteiger charge is -2.20. The van der Waals surface area contributed by atoms with Gasteiger partial charge in [0.05, 0.1) is 0 Å². The Morgan fingerprint density at radius 1 is 1.04 bits per heavy atom. The lowest BCUT2D eigenvalue weighted by molar-refractivity contribution is 0.144. The second kappa shape index (κ2) is 16.8. The van der Waals surface area contributed by atoms with E-state index in [2.05, 4.69) is 27.4 Å². The first-order valence-corrected chi connectivity index (χ1v) is 9.19. The summed E-state index contributed by atoms with van der Waals surface area (Å²) in [6.45, 7) is 12.2. The minimum absolute atomic E-state index is 0. The fourth-order valence-electron chi connectivity index (χ4n) is 2.69. The number of hydrogen-bond acceptors (Lipinski definition) is 3. The summed E-state index contributed by atoms with van der Waals surface area (Å²) in [6, 6.07) is 0. The summed E-state index contributed by atoms with van der Waals surface area (Å²) >= 11 is 0. The molecule has 0 bridgehead atoms. The van der Waals surface area contributed by atoms with E-state index in [1.807, 2.05) is 6.92 Å². The molecule has 0 amide bonds. The van der Waals surface area contributed by atoms with Gasteiger partial charge in [0, 0.05) is 39.4 Å². The van der Waals surface area contributed by atoms with Crippen molar-refractivity contribution in [3.63, 3.8) is 0 Å². The summed E-state index contributed by atoms with van der Waals surface area (Å²) in [4.78, 5) is 7.21. The maximum absolute atomic E-state index is 5.35. The van der Waals surface area contributed by atoms with Crippen LogP contribution in [0.15, 0.2) is 4.99 Å². The zero-order valence-corrected chi connectivity index (χ0v) is 17.4. The quantitative estimate of drug-likeness (QED) is 0.238. The molecule has 1 aliphatic rings. The molecule has 1 aliphatic heterocycles. The van der Waals surface area contributed by atoms with E-state index < -0.39 is 0 Å². The molecule has 6 heteroatoms. The molecule has 0 aromatic carbocycles. The van der Waals surface area contributed by atoms with Gasteiger partial charge < -0.3 is 20.3 Å². The molecular formula is C17H37IN4O. The highest BCUT2D eigenvalue weighted by molar-refractivity contribution is 14.0. The van der Waals surface area contributed by atoms with Crippen molar-refractivity contribution >= 4 is 29.9 Å². The van der Waals surface area contributed by atoms with Crippen molar-refractivity contribution in [1.82, 2.24) is 15.5 Å². The number of guanidine groups is 1. The number of ether oxygens (including phenoxy) is 1. The van der Waals surface area contributed by atoms with Crippen molar-refractivity contribution in [2.75, 3.05) is 52.5 Å². The van der Waals surface area contributed by atoms with E-state index in [4.69, 9.17) is 4.74 Å². The Kier molecular flexibility index (Phi) is 16.7. The van der Waals surface area contributed by atoms with Gasteiger partial charge in [0.1, 0.15) is 0 Å². The molecule has 23 heavy (non-hydrogen) atoms. The van der Waals surface area contributed by atoms with Gasteiger partial charge in [-0.1, -0.05) is 12.8 Å². The molecule has 5 nitrogen and oxygen atoms in total. The van der Waals surface area contributed by atoms with Crippen molar-refractivity contribution in [1.29, 1.82) is 0 Å². The maximum Gasteiger partial charge on any atom is 0.191 e. The topological polar surface area (TPSA) is 48.9 Å². The zero-order chi connectivity index (χ0) is 15.9. The smallest absolute Gasteiger partial charge is 0.191 e. The van der Waals surface area contributed by atoms with Gasteiger partial charge in [0.15, 0.2) is 5.96 Å². The molecule has 1 heterocycles. The van der Waals surface area contributed by atoms with Crippen LogP contribution in [0.1, 0.15) is 52.4 Å². The Bertz CT molecular complexity index is 282. The van der Waals surface area contributed by atoms with Crippen LogP contribution >= 0.6 is 24.0 Å². The first-order chi connectivity index (χ1) is 10.9. The minimum Gasteiger partial charge on any atom is -0.382 e. The standard InChI is InChI=1S/C17H36N4O.HI/c1-3-18-17(19-11-7-10-16-22-4-2)20-12-15-21-13-8-5-6-9-14-21;/h3-16H2,1-2H3,(H2,18,19,20);1H. The van der Waals surface area contributed by atoms with E-state index >= 15 is 0 Å². The average Bonchev–Trinajstić information content (AvgIpc) is 2.79. The van der Waals surface area contributed by atoms with Crippen molar-refractivity contribution in [3.05, 3.63) is 0 Å². The summed E-state index contributed by atoms with van der Waals surface area (Å²) < 4.78 is 5.35. The molecule has 0 unspecified atom stereocenters. The summed E-state index contributed by atoms with van der Waals surface area (Å²) in [7, 11) is 0. The monoisotopic (exact) mass is 440 g/mol. The number of hydrogen-bond donors (Lipinski definition) is 2. The van der Waals surface area contributed by atoms with Crippen molar-refractivity contribution in [3.8, 4) is 0 Å². The van der Waals surface area contributed by atoms with Crippen molar-refractivity contribution in [2.45, 2.75) is 52.4 Å². The van der Waals surface area contributed by atoms with Crippen LogP contribution in [0.5, 0.6) is 0 Å². The molecule has 0 aromatic rings. The fraction of sp³-hybridized carbons (Fsp3) is 0.941. The van der Waals surface area contributed by atoms with Crippen LogP contribution in [-0.4, -0.2) is 63.3 Å². The first kappa shape index (κ1) is 22.9. The van der Waals surface area contributed by atoms with E-state index in [-0.39, 0.29) is 24.0 Å². The molecule has 0 radical (unpaired) electrons. The van der Waals surface area contributed by atoms with E-state index in [1.165, 1.54) is 38.8 Å². The summed E-state index contributed by atoms with van der Waals surface area (Å²) in [6.07, 6.45) is 7.68. The molecule has 0 spiro atoms. The van der Waals surface area contributed by atoms with E-state index in [0.29, 0.717) is 0 Å². The van der Waals surface area contributed by atoms with Gasteiger partial charge in [-0.3, -0.25) is 4.99 Å². The highest BCUT2D eigenvalue weighted by Crippen LogP contribution is 2.08. The Labute approximate surface area is 160 Å². The van der Waals surface area contributed by atoms with E-state index in [0.717, 1.165) is 58.2 Å². The second-order valence-corrected chi connectivity index (χ2v) is 5.85. The van der Waals surface area contributed by atoms with Gasteiger partial charge >= 0.3 is 0 Å². The molecule has 1 saturated heterocycles. The lowest BCUT2D eigenvalue weighted by atomic mass is 10.2. The minimum atomic E-state index is 0. The number of aliphatic imine (C=N–C) groups is 1. The SMILES string of the molecule is CCNC(=NCCCCOCC)NCCN1CCCCCC1.I. The normalized spacial score (nSPS) is 16.5. The Balaban J connectivity index is 0.00000484. The highest BCUT2D eigenvalue weighted by Gasteiger charge is 2.08. The molecular weight excluding hydrogens is 403 g/mol. The van der Waals surface area contributed by atoms with Crippen LogP contribution in [-0.2, 0) is 4.74 Å². The third-order valence-corrected chi connectivity index (χ3v) is 3.93. The van der Waals surface area contributed by atoms with Gasteiger partial charge in [-0.15, -0.1) is 24.0 Å². The largest absolute Gasteiger partial charge is 0.382 e. The summed E-state index contributed by atoms with van der Waals surface area (Å²) in [5, 5.41) is 6.78. The predicted molar refractivity (Wildman–Crippen MR) is 110 cm³/mol. The van der Waals surface area contributed by atoms with Crippen LogP contribution in [0, 0.1) is 0 Å². The van der Waals surface area contributed by atoms with Crippen LogP contribution in [0.2, 0.25) is 0 Å². The van der Waals surface area contributed by atoms with Crippen LogP contribution < -0.4 is 10.6 Å². The third-order valence-electron chi connectivity index (χ3n) is 3.93. The number of nitrogens with zero attached hydrogens (tertiary/aromatic N) is 2. The van der Waals surface area contributed by atoms with Crippen LogP contribution in [0.25, 0.3) is 0 Å². The molecule has 2 N–H and O–H groups in total. The highest BCUT2D eigenvalue weighted by atomic mass is 127. The van der Waals surface area contributed by atoms with Gasteiger partial charge in [-0.05, 0) is 52.6 Å². The van der Waals surface area contributed by atoms with E-state index in [1.54, 1.807) is 0 Å². The van der Waals surface area contributed by atoms with Gasteiger partial charge in [0.2, 0.25) is 0 Å². The molecule has 0 aromatic heterocycles. The zero-order valence-electron chi connectivity index (χ0n) is 15.1. The molecule has 0 aliphatic carbocycles. The maximum atomic E-state index is 5.35. The number of likely N-dealkylation sites (tertiary alicyclic amines) is 1. The van der Waals surface area contributed by atoms with Crippen LogP contribution in [0.4, 0.5) is 0 Å². The molecule has 1 rings (SSSR count). The fourth-order valence-corrected chi connectivity index (χ4v) is 2.69. The van der Waals surface area contributed by atoms with E-state index in [9.17, 15) is 0 Å². The Morgan fingerprint density at radius 3 is 2.43 bits per heavy atom. The second-order valence-electron chi connectivity index (χ2n) is 5.85. The third kappa shape index (κ3) is 12.9. The molecule has 0 atom stereocenters. The summed E-state index contributed by atoms with van der Waals surface area (Å²) in [5.41, 5.74) is 0. The van der Waals surface area contributed by atoms with Gasteiger partial charge in [-0.2, -0.15) is 0 Å². The number of nitrogens with one attached hydrogen (secondary N) is 2. The molecule has 1 fully saturated rings. The Hall–Kier alpha value is -0.0800. The summed E-state index contributed by atoms with van der Waals surface area (Å²) in [5.74, 6) is 0.953. The number of rotatable bonds is 10. The molecule has 0 saturated carbocycles. The number of halogens is 1. The van der Waals surface area contributed by atoms with Crippen molar-refractivity contribution in [2.24, 2.45) is 4.99 Å². The predicted octanol–water partition coefficient (Wildman–Crippen LogP) is 2.85. The van der Waals surface area contributed by atoms with Crippen molar-refractivity contribution < 1.29 is 4.74 Å². The number of unbranched alkanes of at least 4 members (excludes halogenated alkanes) is 1. The molecule has 138 valence electrons. The first-order valence-electron chi connectivity index (χ1n) is 9.19.